The van der Waals surface area contributed by atoms with Gasteiger partial charge < -0.3 is 14.8 Å². The molecule has 0 aliphatic carbocycles. The Hall–Kier alpha value is -3.06. The van der Waals surface area contributed by atoms with E-state index in [4.69, 9.17) is 9.47 Å². The topological polar surface area (TPSA) is 71.1 Å². The third-order valence-corrected chi connectivity index (χ3v) is 5.71. The molecule has 7 heteroatoms. The summed E-state index contributed by atoms with van der Waals surface area (Å²) < 4.78 is 11.0. The van der Waals surface area contributed by atoms with E-state index in [0.717, 1.165) is 5.56 Å². The van der Waals surface area contributed by atoms with Gasteiger partial charge in [-0.15, -0.1) is 0 Å². The summed E-state index contributed by atoms with van der Waals surface area (Å²) in [6, 6.07) is 12.7. The Kier molecular flexibility index (Phi) is 6.55. The normalized spacial score (nSPS) is 15.8. The summed E-state index contributed by atoms with van der Waals surface area (Å²) in [5.41, 5.74) is 1.35. The van der Waals surface area contributed by atoms with Gasteiger partial charge >= 0.3 is 0 Å². The van der Waals surface area contributed by atoms with Crippen LogP contribution in [0, 0.1) is 0 Å². The van der Waals surface area contributed by atoms with Crippen LogP contribution in [0.1, 0.15) is 33.3 Å². The highest BCUT2D eigenvalue weighted by Gasteiger charge is 2.45. The Morgan fingerprint density at radius 2 is 1.90 bits per heavy atom. The number of hydrogen-bond donors (Lipinski definition) is 1. The number of para-hydroxylation sites is 2. The number of nitrogens with one attached hydrogen (secondary N) is 1. The second-order valence-corrected chi connectivity index (χ2v) is 8.21. The average molecular weight is 426 g/mol. The SMILES string of the molecule is CCOc1ccc(CN(C)[C@@H](C)C(=O)N2c3ccccc3NC(=O)C2(C)C)cc1OC. The van der Waals surface area contributed by atoms with Crippen LogP contribution in [0.3, 0.4) is 0 Å². The second kappa shape index (κ2) is 8.98. The Balaban J connectivity index is 1.83. The minimum Gasteiger partial charge on any atom is -0.493 e. The molecule has 2 aromatic carbocycles. The first-order valence-electron chi connectivity index (χ1n) is 10.4. The average Bonchev–Trinajstić information content (AvgIpc) is 2.74. The molecule has 1 aliphatic heterocycles. The highest BCUT2D eigenvalue weighted by Crippen LogP contribution is 2.37. The van der Waals surface area contributed by atoms with Crippen molar-refractivity contribution in [2.45, 2.75) is 45.8 Å². The fraction of sp³-hybridized carbons (Fsp3) is 0.417. The molecule has 1 heterocycles. The molecule has 7 nitrogen and oxygen atoms in total. The summed E-state index contributed by atoms with van der Waals surface area (Å²) in [5.74, 6) is 1.02. The van der Waals surface area contributed by atoms with Crippen molar-refractivity contribution in [3.8, 4) is 11.5 Å². The van der Waals surface area contributed by atoms with Gasteiger partial charge in [-0.05, 0) is 64.6 Å². The smallest absolute Gasteiger partial charge is 0.250 e. The molecule has 0 aromatic heterocycles. The highest BCUT2D eigenvalue weighted by atomic mass is 16.5. The van der Waals surface area contributed by atoms with E-state index in [1.54, 1.807) is 25.9 Å². The van der Waals surface area contributed by atoms with Gasteiger partial charge in [-0.2, -0.15) is 0 Å². The molecule has 166 valence electrons. The fourth-order valence-corrected chi connectivity index (χ4v) is 3.73. The molecule has 1 aliphatic rings. The molecule has 2 aromatic rings. The number of likely N-dealkylation sites (N-methyl/N-ethyl adjacent to an activating group) is 1. The summed E-state index contributed by atoms with van der Waals surface area (Å²) in [6.07, 6.45) is 0. The molecule has 0 unspecified atom stereocenters. The highest BCUT2D eigenvalue weighted by molar-refractivity contribution is 6.15. The van der Waals surface area contributed by atoms with Crippen LogP contribution in [0.4, 0.5) is 11.4 Å². The van der Waals surface area contributed by atoms with Crippen molar-refractivity contribution in [3.63, 3.8) is 0 Å². The third kappa shape index (κ3) is 4.37. The maximum atomic E-state index is 13.6. The lowest BCUT2D eigenvalue weighted by Gasteiger charge is -2.44. The van der Waals surface area contributed by atoms with Crippen LogP contribution in [0.2, 0.25) is 0 Å². The first-order chi connectivity index (χ1) is 14.7. The molecule has 1 atom stereocenters. The molecular formula is C24H31N3O4. The van der Waals surface area contributed by atoms with Gasteiger partial charge in [0, 0.05) is 6.54 Å². The van der Waals surface area contributed by atoms with E-state index in [9.17, 15) is 9.59 Å². The molecule has 0 bridgehead atoms. The standard InChI is InChI=1S/C24H31N3O4/c1-7-31-20-13-12-17(14-21(20)30-6)15-26(5)16(2)22(28)27-19-11-9-8-10-18(19)25-23(29)24(27,3)4/h8-14,16H,7,15H2,1-6H3,(H,25,29)/t16-/m0/s1. The summed E-state index contributed by atoms with van der Waals surface area (Å²) in [7, 11) is 3.51. The molecule has 0 fully saturated rings. The molecule has 31 heavy (non-hydrogen) atoms. The number of methoxy groups -OCH3 is 1. The number of anilines is 2. The number of hydrogen-bond acceptors (Lipinski definition) is 5. The van der Waals surface area contributed by atoms with E-state index in [-0.39, 0.29) is 11.8 Å². The minimum atomic E-state index is -0.997. The van der Waals surface area contributed by atoms with Crippen LogP contribution < -0.4 is 19.7 Å². The lowest BCUT2D eigenvalue weighted by atomic mass is 9.95. The van der Waals surface area contributed by atoms with Crippen LogP contribution in [0.15, 0.2) is 42.5 Å². The number of rotatable bonds is 7. The summed E-state index contributed by atoms with van der Waals surface area (Å²) in [6.45, 7) is 8.41. The maximum absolute atomic E-state index is 13.6. The van der Waals surface area contributed by atoms with E-state index in [2.05, 4.69) is 5.32 Å². The Morgan fingerprint density at radius 1 is 1.19 bits per heavy atom. The van der Waals surface area contributed by atoms with Gasteiger partial charge in [0.15, 0.2) is 11.5 Å². The molecule has 0 spiro atoms. The van der Waals surface area contributed by atoms with Crippen molar-refractivity contribution in [3.05, 3.63) is 48.0 Å². The quantitative estimate of drug-likeness (QED) is 0.733. The number of amides is 2. The molecule has 0 saturated carbocycles. The van der Waals surface area contributed by atoms with Crippen molar-refractivity contribution in [1.82, 2.24) is 4.90 Å². The Bertz CT molecular complexity index is 973. The number of benzene rings is 2. The van der Waals surface area contributed by atoms with Crippen molar-refractivity contribution >= 4 is 23.2 Å². The number of ether oxygens (including phenoxy) is 2. The van der Waals surface area contributed by atoms with E-state index >= 15 is 0 Å². The predicted octanol–water partition coefficient (Wildman–Crippen LogP) is 3.68. The van der Waals surface area contributed by atoms with E-state index in [0.29, 0.717) is 36.0 Å². The monoisotopic (exact) mass is 425 g/mol. The van der Waals surface area contributed by atoms with Crippen LogP contribution in [-0.4, -0.2) is 49.1 Å². The Morgan fingerprint density at radius 3 is 2.58 bits per heavy atom. The number of nitrogens with zero attached hydrogens (tertiary/aromatic N) is 2. The summed E-state index contributed by atoms with van der Waals surface area (Å²) in [4.78, 5) is 29.8. The third-order valence-electron chi connectivity index (χ3n) is 5.71. The van der Waals surface area contributed by atoms with E-state index < -0.39 is 11.6 Å². The van der Waals surface area contributed by atoms with Crippen LogP contribution in [0.5, 0.6) is 11.5 Å². The van der Waals surface area contributed by atoms with Crippen molar-refractivity contribution in [2.75, 3.05) is 31.0 Å². The molecule has 0 saturated heterocycles. The number of carbonyl (C=O) groups excluding carboxylic acids is 2. The second-order valence-electron chi connectivity index (χ2n) is 8.21. The van der Waals surface area contributed by atoms with Crippen LogP contribution in [-0.2, 0) is 16.1 Å². The molecular weight excluding hydrogens is 394 g/mol. The first kappa shape index (κ1) is 22.6. The number of carbonyl (C=O) groups is 2. The summed E-state index contributed by atoms with van der Waals surface area (Å²) >= 11 is 0. The number of fused-ring (bicyclic) bond motifs is 1. The first-order valence-corrected chi connectivity index (χ1v) is 10.4. The van der Waals surface area contributed by atoms with E-state index in [1.165, 1.54) is 0 Å². The Labute approximate surface area is 183 Å². The predicted molar refractivity (Wildman–Crippen MR) is 122 cm³/mol. The molecule has 3 rings (SSSR count). The van der Waals surface area contributed by atoms with Gasteiger partial charge in [0.05, 0.1) is 31.1 Å². The maximum Gasteiger partial charge on any atom is 0.250 e. The largest absolute Gasteiger partial charge is 0.493 e. The fourth-order valence-electron chi connectivity index (χ4n) is 3.73. The molecule has 2 amide bonds. The van der Waals surface area contributed by atoms with Gasteiger partial charge in [-0.25, -0.2) is 0 Å². The van der Waals surface area contributed by atoms with Crippen molar-refractivity contribution in [2.24, 2.45) is 0 Å². The molecule has 1 N–H and O–H groups in total. The zero-order valence-corrected chi connectivity index (χ0v) is 19.1. The lowest BCUT2D eigenvalue weighted by Crippen LogP contribution is -2.61. The van der Waals surface area contributed by atoms with Gasteiger partial charge in [0.25, 0.3) is 0 Å². The summed E-state index contributed by atoms with van der Waals surface area (Å²) in [5, 5.41) is 2.90. The zero-order chi connectivity index (χ0) is 22.8. The van der Waals surface area contributed by atoms with Gasteiger partial charge in [0.1, 0.15) is 5.54 Å². The zero-order valence-electron chi connectivity index (χ0n) is 19.1. The van der Waals surface area contributed by atoms with Crippen LogP contribution >= 0.6 is 0 Å². The minimum absolute atomic E-state index is 0.132. The van der Waals surface area contributed by atoms with E-state index in [1.807, 2.05) is 68.3 Å². The van der Waals surface area contributed by atoms with Gasteiger partial charge in [0.2, 0.25) is 11.8 Å². The van der Waals surface area contributed by atoms with Crippen molar-refractivity contribution in [1.29, 1.82) is 0 Å². The van der Waals surface area contributed by atoms with Crippen LogP contribution in [0.25, 0.3) is 0 Å². The van der Waals surface area contributed by atoms with Gasteiger partial charge in [-0.3, -0.25) is 19.4 Å². The lowest BCUT2D eigenvalue weighted by molar-refractivity contribution is -0.129. The molecule has 0 radical (unpaired) electrons. The van der Waals surface area contributed by atoms with Crippen molar-refractivity contribution < 1.29 is 19.1 Å². The van der Waals surface area contributed by atoms with Gasteiger partial charge in [-0.1, -0.05) is 18.2 Å².